The van der Waals surface area contributed by atoms with Gasteiger partial charge in [0.15, 0.2) is 0 Å². The van der Waals surface area contributed by atoms with E-state index in [2.05, 4.69) is 43.1 Å². The number of nitrogens with zero attached hydrogens (tertiary/aromatic N) is 1. The highest BCUT2D eigenvalue weighted by Gasteiger charge is 2.30. The van der Waals surface area contributed by atoms with Gasteiger partial charge in [-0.3, -0.25) is 0 Å². The lowest BCUT2D eigenvalue weighted by atomic mass is 9.74. The number of hydrogen-bond acceptors (Lipinski definition) is 2. The van der Waals surface area contributed by atoms with Crippen LogP contribution >= 0.6 is 0 Å². The summed E-state index contributed by atoms with van der Waals surface area (Å²) in [5, 5.41) is 0. The van der Waals surface area contributed by atoms with Crippen LogP contribution in [-0.4, -0.2) is 25.0 Å². The number of furan rings is 1. The molecule has 0 spiro atoms. The Morgan fingerprint density at radius 2 is 1.74 bits per heavy atom. The summed E-state index contributed by atoms with van der Waals surface area (Å²) in [7, 11) is 2.21. The second-order valence-electron chi connectivity index (χ2n) is 5.92. The highest BCUT2D eigenvalue weighted by atomic mass is 16.3. The van der Waals surface area contributed by atoms with Crippen LogP contribution in [-0.2, 0) is 5.41 Å². The first-order chi connectivity index (χ1) is 9.17. The molecule has 2 heteroatoms. The Hall–Kier alpha value is -1.54. The van der Waals surface area contributed by atoms with Crippen LogP contribution in [0.15, 0.2) is 47.1 Å². The summed E-state index contributed by atoms with van der Waals surface area (Å²) in [5.41, 5.74) is 2.94. The molecule has 1 aliphatic rings. The maximum Gasteiger partial charge on any atom is 0.133 e. The minimum absolute atomic E-state index is 0.328. The van der Waals surface area contributed by atoms with Crippen LogP contribution < -0.4 is 0 Å². The summed E-state index contributed by atoms with van der Waals surface area (Å²) in [4.78, 5) is 2.42. The molecule has 2 nitrogen and oxygen atoms in total. The Kier molecular flexibility index (Phi) is 3.19. The lowest BCUT2D eigenvalue weighted by Crippen LogP contribution is -2.38. The largest absolute Gasteiger partial charge is 0.464 e. The molecule has 100 valence electrons. The summed E-state index contributed by atoms with van der Waals surface area (Å²) in [5.74, 6) is 0.945. The first-order valence-corrected chi connectivity index (χ1v) is 7.00. The van der Waals surface area contributed by atoms with E-state index in [4.69, 9.17) is 4.42 Å². The predicted molar refractivity (Wildman–Crippen MR) is 78.2 cm³/mol. The molecule has 2 heterocycles. The zero-order chi connectivity index (χ0) is 13.3. The molecule has 1 aromatic carbocycles. The average molecular weight is 255 g/mol. The van der Waals surface area contributed by atoms with Crippen molar-refractivity contribution >= 4 is 0 Å². The third kappa shape index (κ3) is 2.45. The fourth-order valence-corrected chi connectivity index (χ4v) is 2.88. The van der Waals surface area contributed by atoms with Gasteiger partial charge in [0.25, 0.3) is 0 Å². The van der Waals surface area contributed by atoms with E-state index >= 15 is 0 Å². The van der Waals surface area contributed by atoms with Crippen molar-refractivity contribution in [2.24, 2.45) is 0 Å². The van der Waals surface area contributed by atoms with Crippen LogP contribution in [0.2, 0.25) is 0 Å². The van der Waals surface area contributed by atoms with Gasteiger partial charge >= 0.3 is 0 Å². The van der Waals surface area contributed by atoms with Gasteiger partial charge < -0.3 is 9.32 Å². The van der Waals surface area contributed by atoms with Crippen LogP contribution in [0, 0.1) is 0 Å². The molecule has 0 atom stereocenters. The second-order valence-corrected chi connectivity index (χ2v) is 5.92. The van der Waals surface area contributed by atoms with Crippen molar-refractivity contribution in [3.05, 3.63) is 48.2 Å². The standard InChI is InChI=1S/C17H21NO/c1-17(9-11-18(2)12-10-17)15-7-5-14(6-8-15)16-4-3-13-19-16/h3-8,13H,9-12H2,1-2H3. The molecule has 0 unspecified atom stereocenters. The highest BCUT2D eigenvalue weighted by Crippen LogP contribution is 2.35. The number of likely N-dealkylation sites (tertiary alicyclic amines) is 1. The molecule has 0 N–H and O–H groups in total. The zero-order valence-corrected chi connectivity index (χ0v) is 11.7. The molecule has 1 aliphatic heterocycles. The fourth-order valence-electron chi connectivity index (χ4n) is 2.88. The average Bonchev–Trinajstić information content (AvgIpc) is 2.97. The van der Waals surface area contributed by atoms with Gasteiger partial charge in [-0.1, -0.05) is 31.2 Å². The highest BCUT2D eigenvalue weighted by molar-refractivity contribution is 5.57. The van der Waals surface area contributed by atoms with Gasteiger partial charge in [0.2, 0.25) is 0 Å². The van der Waals surface area contributed by atoms with Crippen molar-refractivity contribution in [3.8, 4) is 11.3 Å². The van der Waals surface area contributed by atoms with E-state index in [0.29, 0.717) is 5.41 Å². The summed E-state index contributed by atoms with van der Waals surface area (Å²) >= 11 is 0. The quantitative estimate of drug-likeness (QED) is 0.808. The van der Waals surface area contributed by atoms with Gasteiger partial charge in [0.1, 0.15) is 5.76 Å². The van der Waals surface area contributed by atoms with Gasteiger partial charge in [0, 0.05) is 5.56 Å². The fraction of sp³-hybridized carbons (Fsp3) is 0.412. The molecule has 0 saturated carbocycles. The van der Waals surface area contributed by atoms with E-state index in [0.717, 1.165) is 11.3 Å². The van der Waals surface area contributed by atoms with Crippen molar-refractivity contribution in [2.45, 2.75) is 25.2 Å². The second kappa shape index (κ2) is 4.86. The smallest absolute Gasteiger partial charge is 0.133 e. The van der Waals surface area contributed by atoms with Crippen molar-refractivity contribution in [3.63, 3.8) is 0 Å². The minimum Gasteiger partial charge on any atom is -0.464 e. The Labute approximate surface area is 115 Å². The third-order valence-electron chi connectivity index (χ3n) is 4.48. The first kappa shape index (κ1) is 12.5. The predicted octanol–water partition coefficient (Wildman–Crippen LogP) is 3.93. The molecular formula is C17H21NO. The van der Waals surface area contributed by atoms with Crippen molar-refractivity contribution < 1.29 is 4.42 Å². The van der Waals surface area contributed by atoms with E-state index in [-0.39, 0.29) is 0 Å². The molecule has 1 aromatic heterocycles. The van der Waals surface area contributed by atoms with Crippen LogP contribution in [0.1, 0.15) is 25.3 Å². The molecule has 0 aliphatic carbocycles. The monoisotopic (exact) mass is 255 g/mol. The van der Waals surface area contributed by atoms with Gasteiger partial charge in [-0.15, -0.1) is 0 Å². The molecule has 0 radical (unpaired) electrons. The van der Waals surface area contributed by atoms with E-state index in [9.17, 15) is 0 Å². The normalized spacial score (nSPS) is 19.5. The third-order valence-corrected chi connectivity index (χ3v) is 4.48. The number of piperidine rings is 1. The SMILES string of the molecule is CN1CCC(C)(c2ccc(-c3ccco3)cc2)CC1. The van der Waals surface area contributed by atoms with Crippen molar-refractivity contribution in [2.75, 3.05) is 20.1 Å². The Morgan fingerprint density at radius 1 is 1.05 bits per heavy atom. The molecule has 0 amide bonds. The van der Waals surface area contributed by atoms with Crippen LogP contribution in [0.4, 0.5) is 0 Å². The van der Waals surface area contributed by atoms with Gasteiger partial charge in [0.05, 0.1) is 6.26 Å². The van der Waals surface area contributed by atoms with Crippen LogP contribution in [0.25, 0.3) is 11.3 Å². The van der Waals surface area contributed by atoms with Crippen LogP contribution in [0.3, 0.4) is 0 Å². The summed E-state index contributed by atoms with van der Waals surface area (Å²) in [6.07, 6.45) is 4.20. The number of hydrogen-bond donors (Lipinski definition) is 0. The van der Waals surface area contributed by atoms with E-state index < -0.39 is 0 Å². The Morgan fingerprint density at radius 3 is 2.32 bits per heavy atom. The summed E-state index contributed by atoms with van der Waals surface area (Å²) < 4.78 is 5.44. The zero-order valence-electron chi connectivity index (χ0n) is 11.7. The molecule has 1 fully saturated rings. The Bertz CT molecular complexity index is 519. The molecule has 3 rings (SSSR count). The number of rotatable bonds is 2. The maximum absolute atomic E-state index is 5.44. The van der Waals surface area contributed by atoms with E-state index in [1.165, 1.54) is 31.5 Å². The number of benzene rings is 1. The van der Waals surface area contributed by atoms with Gasteiger partial charge in [-0.2, -0.15) is 0 Å². The van der Waals surface area contributed by atoms with Crippen molar-refractivity contribution in [1.82, 2.24) is 4.90 Å². The van der Waals surface area contributed by atoms with Crippen LogP contribution in [0.5, 0.6) is 0 Å². The van der Waals surface area contributed by atoms with Crippen molar-refractivity contribution in [1.29, 1.82) is 0 Å². The maximum atomic E-state index is 5.44. The van der Waals surface area contributed by atoms with Gasteiger partial charge in [-0.25, -0.2) is 0 Å². The summed E-state index contributed by atoms with van der Waals surface area (Å²) in [6.45, 7) is 4.77. The molecular weight excluding hydrogens is 234 g/mol. The first-order valence-electron chi connectivity index (χ1n) is 7.00. The molecule has 0 bridgehead atoms. The van der Waals surface area contributed by atoms with E-state index in [1.54, 1.807) is 6.26 Å². The molecule has 2 aromatic rings. The summed E-state index contributed by atoms with van der Waals surface area (Å²) in [6, 6.07) is 12.8. The molecule has 19 heavy (non-hydrogen) atoms. The topological polar surface area (TPSA) is 16.4 Å². The lowest BCUT2D eigenvalue weighted by molar-refractivity contribution is 0.200. The van der Waals surface area contributed by atoms with Gasteiger partial charge in [-0.05, 0) is 56.1 Å². The Balaban J connectivity index is 1.82. The van der Waals surface area contributed by atoms with E-state index in [1.807, 2.05) is 12.1 Å². The minimum atomic E-state index is 0.328. The lowest BCUT2D eigenvalue weighted by Gasteiger charge is -2.38. The molecule has 1 saturated heterocycles.